The van der Waals surface area contributed by atoms with Crippen molar-refractivity contribution in [2.45, 2.75) is 4.90 Å². The maximum absolute atomic E-state index is 13.3. The van der Waals surface area contributed by atoms with E-state index in [-0.39, 0.29) is 10.6 Å². The van der Waals surface area contributed by atoms with Crippen molar-refractivity contribution >= 4 is 39.4 Å². The molecule has 7 nitrogen and oxygen atoms in total. The summed E-state index contributed by atoms with van der Waals surface area (Å²) in [5.41, 5.74) is 3.34. The highest BCUT2D eigenvalue weighted by molar-refractivity contribution is 7.92. The number of nitrogens with one attached hydrogen (secondary N) is 1. The topological polar surface area (TPSA) is 88.1 Å². The Bertz CT molecular complexity index is 1460. The van der Waals surface area contributed by atoms with Crippen molar-refractivity contribution in [3.8, 4) is 11.5 Å². The highest BCUT2D eigenvalue weighted by atomic mass is 35.5. The van der Waals surface area contributed by atoms with Crippen molar-refractivity contribution in [3.05, 3.63) is 120 Å². The van der Waals surface area contributed by atoms with Gasteiger partial charge in [0.05, 0.1) is 16.8 Å². The van der Waals surface area contributed by atoms with Crippen LogP contribution in [0.5, 0.6) is 11.5 Å². The molecule has 0 spiro atoms. The fraction of sp³-hybridized carbons (Fsp3) is 0.0370. The molecule has 4 aromatic rings. The zero-order valence-corrected chi connectivity index (χ0v) is 20.6. The molecule has 0 aliphatic heterocycles. The molecule has 182 valence electrons. The zero-order chi connectivity index (χ0) is 25.4. The van der Waals surface area contributed by atoms with Gasteiger partial charge in [0.25, 0.3) is 15.9 Å². The molecule has 4 rings (SSSR count). The van der Waals surface area contributed by atoms with Crippen LogP contribution in [0.25, 0.3) is 0 Å². The van der Waals surface area contributed by atoms with Crippen molar-refractivity contribution in [2.24, 2.45) is 5.10 Å². The van der Waals surface area contributed by atoms with Crippen molar-refractivity contribution in [1.82, 2.24) is 5.43 Å². The number of carbonyl (C=O) groups excluding carboxylic acids is 1. The van der Waals surface area contributed by atoms with Crippen LogP contribution in [0.1, 0.15) is 5.56 Å². The minimum absolute atomic E-state index is 0.0523. The number of halogens is 1. The molecule has 4 aromatic carbocycles. The predicted octanol–water partition coefficient (Wildman–Crippen LogP) is 5.48. The van der Waals surface area contributed by atoms with Gasteiger partial charge in [0.1, 0.15) is 18.0 Å². The molecular weight excluding hydrogens is 498 g/mol. The second-order valence-corrected chi connectivity index (χ2v) is 9.88. The number of rotatable bonds is 9. The Balaban J connectivity index is 1.48. The molecule has 0 unspecified atom stereocenters. The molecule has 0 heterocycles. The molecule has 0 radical (unpaired) electrons. The predicted molar refractivity (Wildman–Crippen MR) is 141 cm³/mol. The van der Waals surface area contributed by atoms with Crippen LogP contribution in [-0.2, 0) is 14.8 Å². The highest BCUT2D eigenvalue weighted by Crippen LogP contribution is 2.26. The van der Waals surface area contributed by atoms with Gasteiger partial charge in [-0.3, -0.25) is 9.10 Å². The van der Waals surface area contributed by atoms with Crippen LogP contribution in [0.4, 0.5) is 5.69 Å². The van der Waals surface area contributed by atoms with E-state index in [4.69, 9.17) is 16.3 Å². The van der Waals surface area contributed by atoms with E-state index < -0.39 is 22.5 Å². The molecule has 1 N–H and O–H groups in total. The summed E-state index contributed by atoms with van der Waals surface area (Å²) in [6.07, 6.45) is 1.45. The molecular formula is C27H22ClN3O4S. The van der Waals surface area contributed by atoms with E-state index in [9.17, 15) is 13.2 Å². The number of benzene rings is 4. The second kappa shape index (κ2) is 11.5. The molecule has 9 heteroatoms. The van der Waals surface area contributed by atoms with Crippen LogP contribution in [0.15, 0.2) is 119 Å². The third kappa shape index (κ3) is 6.50. The molecule has 0 aromatic heterocycles. The Kier molecular flexibility index (Phi) is 7.99. The average Bonchev–Trinajstić information content (AvgIpc) is 2.88. The summed E-state index contributed by atoms with van der Waals surface area (Å²) in [5, 5.41) is 4.33. The van der Waals surface area contributed by atoms with Gasteiger partial charge in [0.2, 0.25) is 0 Å². The standard InChI is InChI=1S/C27H22ClN3O4S/c28-22-10-8-11-23(18-22)31(36(33,34)26-15-5-2-6-16-26)20-27(32)30-29-19-21-9-7-14-25(17-21)35-24-12-3-1-4-13-24/h1-19H,20H2,(H,30,32). The number of ether oxygens (including phenoxy) is 1. The van der Waals surface area contributed by atoms with Crippen LogP contribution in [0.2, 0.25) is 5.02 Å². The normalized spacial score (nSPS) is 11.2. The lowest BCUT2D eigenvalue weighted by atomic mass is 10.2. The van der Waals surface area contributed by atoms with Gasteiger partial charge in [0.15, 0.2) is 0 Å². The van der Waals surface area contributed by atoms with Crippen LogP contribution >= 0.6 is 11.6 Å². The fourth-order valence-corrected chi connectivity index (χ4v) is 4.91. The van der Waals surface area contributed by atoms with E-state index in [1.54, 1.807) is 60.7 Å². The van der Waals surface area contributed by atoms with E-state index in [0.717, 1.165) is 4.31 Å². The first-order valence-corrected chi connectivity index (χ1v) is 12.7. The first-order chi connectivity index (χ1) is 17.4. The highest BCUT2D eigenvalue weighted by Gasteiger charge is 2.27. The number of carbonyl (C=O) groups is 1. The van der Waals surface area contributed by atoms with E-state index >= 15 is 0 Å². The number of para-hydroxylation sites is 1. The summed E-state index contributed by atoms with van der Waals surface area (Å²) in [7, 11) is -4.03. The lowest BCUT2D eigenvalue weighted by Crippen LogP contribution is -2.39. The third-order valence-electron chi connectivity index (χ3n) is 4.95. The van der Waals surface area contributed by atoms with Crippen LogP contribution in [0, 0.1) is 0 Å². The zero-order valence-electron chi connectivity index (χ0n) is 19.0. The summed E-state index contributed by atoms with van der Waals surface area (Å²) in [5.74, 6) is 0.681. The van der Waals surface area contributed by atoms with E-state index in [0.29, 0.717) is 22.1 Å². The summed E-state index contributed by atoms with van der Waals surface area (Å²) in [6, 6.07) is 30.7. The van der Waals surface area contributed by atoms with Gasteiger partial charge in [-0.1, -0.05) is 66.2 Å². The Hall–Kier alpha value is -4.14. The smallest absolute Gasteiger partial charge is 0.264 e. The number of nitrogens with zero attached hydrogens (tertiary/aromatic N) is 2. The average molecular weight is 520 g/mol. The molecule has 0 saturated carbocycles. The number of amides is 1. The number of hydrogen-bond donors (Lipinski definition) is 1. The SMILES string of the molecule is O=C(CN(c1cccc(Cl)c1)S(=O)(=O)c1ccccc1)NN=Cc1cccc(Oc2ccccc2)c1. The van der Waals surface area contributed by atoms with E-state index in [2.05, 4.69) is 10.5 Å². The Morgan fingerprint density at radius 1 is 0.861 bits per heavy atom. The minimum atomic E-state index is -4.03. The van der Waals surface area contributed by atoms with Gasteiger partial charge >= 0.3 is 0 Å². The van der Waals surface area contributed by atoms with Gasteiger partial charge in [-0.25, -0.2) is 13.8 Å². The maximum atomic E-state index is 13.3. The lowest BCUT2D eigenvalue weighted by molar-refractivity contribution is -0.119. The second-order valence-electron chi connectivity index (χ2n) is 7.59. The Morgan fingerprint density at radius 3 is 2.25 bits per heavy atom. The number of hydrazone groups is 1. The van der Waals surface area contributed by atoms with Crippen molar-refractivity contribution in [3.63, 3.8) is 0 Å². The molecule has 0 bridgehead atoms. The molecule has 0 atom stereocenters. The van der Waals surface area contributed by atoms with Crippen LogP contribution < -0.4 is 14.5 Å². The fourth-order valence-electron chi connectivity index (χ4n) is 3.29. The van der Waals surface area contributed by atoms with Crippen molar-refractivity contribution < 1.29 is 17.9 Å². The molecule has 0 aliphatic carbocycles. The van der Waals surface area contributed by atoms with Crippen molar-refractivity contribution in [1.29, 1.82) is 0 Å². The summed E-state index contributed by atoms with van der Waals surface area (Å²) < 4.78 is 33.4. The molecule has 0 fully saturated rings. The number of hydrogen-bond acceptors (Lipinski definition) is 5. The van der Waals surface area contributed by atoms with Gasteiger partial charge < -0.3 is 4.74 Å². The number of anilines is 1. The maximum Gasteiger partial charge on any atom is 0.264 e. The monoisotopic (exact) mass is 519 g/mol. The van der Waals surface area contributed by atoms with Gasteiger partial charge in [0, 0.05) is 5.02 Å². The summed E-state index contributed by atoms with van der Waals surface area (Å²) in [6.45, 7) is -0.494. The summed E-state index contributed by atoms with van der Waals surface area (Å²) >= 11 is 6.08. The quantitative estimate of drug-likeness (QED) is 0.234. The first-order valence-electron chi connectivity index (χ1n) is 10.9. The largest absolute Gasteiger partial charge is 0.457 e. The van der Waals surface area contributed by atoms with E-state index in [1.165, 1.54) is 24.4 Å². The van der Waals surface area contributed by atoms with Crippen LogP contribution in [0.3, 0.4) is 0 Å². The minimum Gasteiger partial charge on any atom is -0.457 e. The molecule has 0 saturated heterocycles. The summed E-state index contributed by atoms with van der Waals surface area (Å²) in [4.78, 5) is 12.8. The third-order valence-corrected chi connectivity index (χ3v) is 6.98. The van der Waals surface area contributed by atoms with Gasteiger partial charge in [-0.15, -0.1) is 0 Å². The van der Waals surface area contributed by atoms with Crippen LogP contribution in [-0.4, -0.2) is 27.1 Å². The Labute approximate surface area is 214 Å². The lowest BCUT2D eigenvalue weighted by Gasteiger charge is -2.23. The van der Waals surface area contributed by atoms with Gasteiger partial charge in [-0.05, 0) is 60.2 Å². The van der Waals surface area contributed by atoms with E-state index in [1.807, 2.05) is 30.3 Å². The molecule has 0 aliphatic rings. The first kappa shape index (κ1) is 25.0. The number of sulfonamides is 1. The molecule has 1 amide bonds. The Morgan fingerprint density at radius 2 is 1.53 bits per heavy atom. The van der Waals surface area contributed by atoms with Crippen molar-refractivity contribution in [2.75, 3.05) is 10.8 Å². The van der Waals surface area contributed by atoms with Gasteiger partial charge in [-0.2, -0.15) is 5.10 Å². The molecule has 36 heavy (non-hydrogen) atoms.